The predicted molar refractivity (Wildman–Crippen MR) is 107 cm³/mol. The maximum atomic E-state index is 11.1. The molecule has 0 aliphatic carbocycles. The van der Waals surface area contributed by atoms with Gasteiger partial charge in [-0.3, -0.25) is 0 Å². The first-order chi connectivity index (χ1) is 13.5. The number of allylic oxidation sites excluding steroid dienone is 2. The molecule has 1 aromatic rings. The van der Waals surface area contributed by atoms with E-state index in [0.717, 1.165) is 29.9 Å². The Hall–Kier alpha value is -3.13. The maximum absolute atomic E-state index is 11.1. The first kappa shape index (κ1) is 19.6. The maximum Gasteiger partial charge on any atom is 0.278 e. The number of nitriles is 2. The fourth-order valence-corrected chi connectivity index (χ4v) is 3.69. The standard InChI is InChI=1S/C21H23N5O2/c1-4-26(5-2)16-8-6-15(7-9-16)17-10-11-28-21(27)20(17)14(3)24-18(12-22)19(13-23)25-21/h6-9,25,27H,4-5,10-11H2,1-3H3. The van der Waals surface area contributed by atoms with E-state index in [2.05, 4.69) is 41.2 Å². The number of hydrogen-bond donors (Lipinski definition) is 2. The molecule has 2 N–H and O–H groups in total. The first-order valence-electron chi connectivity index (χ1n) is 9.31. The van der Waals surface area contributed by atoms with Crippen LogP contribution in [0.3, 0.4) is 0 Å². The van der Waals surface area contributed by atoms with Gasteiger partial charge >= 0.3 is 0 Å². The van der Waals surface area contributed by atoms with Gasteiger partial charge in [0.1, 0.15) is 12.1 Å². The number of aliphatic imine (C=N–C) groups is 1. The minimum Gasteiger partial charge on any atom is -0.372 e. The van der Waals surface area contributed by atoms with E-state index < -0.39 is 5.91 Å². The molecule has 3 rings (SSSR count). The molecule has 2 aliphatic heterocycles. The molecule has 0 radical (unpaired) electrons. The van der Waals surface area contributed by atoms with E-state index in [9.17, 15) is 15.6 Å². The molecule has 1 atom stereocenters. The van der Waals surface area contributed by atoms with E-state index in [1.165, 1.54) is 0 Å². The molecule has 0 fully saturated rings. The summed E-state index contributed by atoms with van der Waals surface area (Å²) in [6.07, 6.45) is 0.584. The second-order valence-corrected chi connectivity index (χ2v) is 6.58. The third-order valence-corrected chi connectivity index (χ3v) is 5.04. The molecular weight excluding hydrogens is 354 g/mol. The molecular formula is C21H23N5O2. The van der Waals surface area contributed by atoms with Crippen LogP contribution in [0.2, 0.25) is 0 Å². The monoisotopic (exact) mass is 377 g/mol. The number of nitrogens with one attached hydrogen (secondary N) is 1. The zero-order chi connectivity index (χ0) is 20.3. The Bertz CT molecular complexity index is 942. The summed E-state index contributed by atoms with van der Waals surface area (Å²) >= 11 is 0. The molecule has 2 aliphatic rings. The van der Waals surface area contributed by atoms with E-state index in [1.807, 2.05) is 24.3 Å². The second-order valence-electron chi connectivity index (χ2n) is 6.58. The summed E-state index contributed by atoms with van der Waals surface area (Å²) in [6, 6.07) is 11.9. The molecule has 0 amide bonds. The van der Waals surface area contributed by atoms with Crippen LogP contribution in [0.25, 0.3) is 5.57 Å². The molecule has 144 valence electrons. The minimum atomic E-state index is -1.90. The smallest absolute Gasteiger partial charge is 0.278 e. The van der Waals surface area contributed by atoms with Crippen molar-refractivity contribution >= 4 is 17.0 Å². The lowest BCUT2D eigenvalue weighted by molar-refractivity contribution is -0.189. The summed E-state index contributed by atoms with van der Waals surface area (Å²) in [5, 5.41) is 32.5. The van der Waals surface area contributed by atoms with E-state index >= 15 is 0 Å². The van der Waals surface area contributed by atoms with Crippen LogP contribution in [0.15, 0.2) is 46.2 Å². The largest absolute Gasteiger partial charge is 0.372 e. The lowest BCUT2D eigenvalue weighted by Gasteiger charge is -2.36. The Morgan fingerprint density at radius 3 is 2.46 bits per heavy atom. The molecule has 0 saturated heterocycles. The van der Waals surface area contributed by atoms with Crippen LogP contribution in [-0.2, 0) is 4.74 Å². The van der Waals surface area contributed by atoms with E-state index in [0.29, 0.717) is 17.7 Å². The molecule has 2 heterocycles. The highest BCUT2D eigenvalue weighted by molar-refractivity contribution is 6.07. The van der Waals surface area contributed by atoms with Gasteiger partial charge in [-0.15, -0.1) is 0 Å². The number of rotatable bonds is 4. The number of benzene rings is 1. The zero-order valence-electron chi connectivity index (χ0n) is 16.3. The van der Waals surface area contributed by atoms with Gasteiger partial charge in [-0.25, -0.2) is 4.99 Å². The highest BCUT2D eigenvalue weighted by atomic mass is 16.6. The Kier molecular flexibility index (Phi) is 5.51. The van der Waals surface area contributed by atoms with E-state index in [1.54, 1.807) is 6.92 Å². The SMILES string of the molecule is CCN(CC)c1ccc(C2=C3C(C)=NC(C#N)=C(C#N)NC3(O)OCC2)cc1. The van der Waals surface area contributed by atoms with Gasteiger partial charge < -0.3 is 20.1 Å². The quantitative estimate of drug-likeness (QED) is 0.836. The summed E-state index contributed by atoms with van der Waals surface area (Å²) in [4.78, 5) is 6.52. The number of nitrogens with zero attached hydrogens (tertiary/aromatic N) is 4. The van der Waals surface area contributed by atoms with Gasteiger partial charge in [-0.05, 0) is 50.5 Å². The van der Waals surface area contributed by atoms with Crippen LogP contribution in [0, 0.1) is 22.7 Å². The predicted octanol–water partition coefficient (Wildman–Crippen LogP) is 2.68. The van der Waals surface area contributed by atoms with Crippen molar-refractivity contribution in [1.82, 2.24) is 5.32 Å². The summed E-state index contributed by atoms with van der Waals surface area (Å²) < 4.78 is 5.60. The molecule has 0 bridgehead atoms. The van der Waals surface area contributed by atoms with Gasteiger partial charge in [0.25, 0.3) is 5.91 Å². The molecule has 0 saturated carbocycles. The average Bonchev–Trinajstić information content (AvgIpc) is 2.82. The second kappa shape index (κ2) is 7.85. The topological polar surface area (TPSA) is 105 Å². The van der Waals surface area contributed by atoms with Gasteiger partial charge in [0.05, 0.1) is 12.2 Å². The minimum absolute atomic E-state index is 0.0739. The Morgan fingerprint density at radius 2 is 1.89 bits per heavy atom. The number of hydrogen-bond acceptors (Lipinski definition) is 7. The van der Waals surface area contributed by atoms with Crippen LogP contribution < -0.4 is 10.2 Å². The third-order valence-electron chi connectivity index (χ3n) is 5.04. The van der Waals surface area contributed by atoms with E-state index in [-0.39, 0.29) is 18.0 Å². The fourth-order valence-electron chi connectivity index (χ4n) is 3.69. The number of ether oxygens (including phenoxy) is 1. The summed E-state index contributed by atoms with van der Waals surface area (Å²) in [5.41, 5.74) is 3.67. The third kappa shape index (κ3) is 3.38. The van der Waals surface area contributed by atoms with Gasteiger partial charge in [-0.1, -0.05) is 12.1 Å². The Morgan fingerprint density at radius 1 is 1.21 bits per heavy atom. The van der Waals surface area contributed by atoms with Crippen LogP contribution in [0.4, 0.5) is 5.69 Å². The van der Waals surface area contributed by atoms with Crippen LogP contribution >= 0.6 is 0 Å². The van der Waals surface area contributed by atoms with Gasteiger partial charge in [0.15, 0.2) is 11.4 Å². The molecule has 28 heavy (non-hydrogen) atoms. The molecule has 0 spiro atoms. The van der Waals surface area contributed by atoms with Crippen molar-refractivity contribution in [2.75, 3.05) is 24.6 Å². The average molecular weight is 377 g/mol. The van der Waals surface area contributed by atoms with Gasteiger partial charge in [0.2, 0.25) is 0 Å². The summed E-state index contributed by atoms with van der Waals surface area (Å²) in [7, 11) is 0. The lowest BCUT2D eigenvalue weighted by atomic mass is 9.90. The van der Waals surface area contributed by atoms with Crippen molar-refractivity contribution < 1.29 is 9.84 Å². The highest BCUT2D eigenvalue weighted by Crippen LogP contribution is 2.37. The Labute approximate surface area is 164 Å². The van der Waals surface area contributed by atoms with Gasteiger partial charge in [-0.2, -0.15) is 10.5 Å². The summed E-state index contributed by atoms with van der Waals surface area (Å²) in [6.45, 7) is 8.06. The first-order valence-corrected chi connectivity index (χ1v) is 9.31. The summed E-state index contributed by atoms with van der Waals surface area (Å²) in [5.74, 6) is -1.90. The highest BCUT2D eigenvalue weighted by Gasteiger charge is 2.43. The number of aliphatic hydroxyl groups is 1. The molecule has 1 unspecified atom stereocenters. The van der Waals surface area contributed by atoms with Crippen LogP contribution in [0.5, 0.6) is 0 Å². The molecule has 1 aromatic carbocycles. The zero-order valence-corrected chi connectivity index (χ0v) is 16.3. The lowest BCUT2D eigenvalue weighted by Crippen LogP contribution is -2.52. The number of anilines is 1. The molecule has 0 aromatic heterocycles. The van der Waals surface area contributed by atoms with Crippen molar-refractivity contribution in [3.8, 4) is 12.1 Å². The van der Waals surface area contributed by atoms with Crippen molar-refractivity contribution in [2.24, 2.45) is 4.99 Å². The van der Waals surface area contributed by atoms with Crippen molar-refractivity contribution in [2.45, 2.75) is 33.1 Å². The van der Waals surface area contributed by atoms with Crippen LogP contribution in [-0.4, -0.2) is 36.4 Å². The van der Waals surface area contributed by atoms with Crippen molar-refractivity contribution in [1.29, 1.82) is 10.5 Å². The van der Waals surface area contributed by atoms with E-state index in [4.69, 9.17) is 4.74 Å². The van der Waals surface area contributed by atoms with Gasteiger partial charge in [0, 0.05) is 24.5 Å². The number of fused-ring (bicyclic) bond motifs is 1. The normalized spacial score (nSPS) is 21.7. The van der Waals surface area contributed by atoms with Crippen molar-refractivity contribution in [3.63, 3.8) is 0 Å². The molecule has 7 nitrogen and oxygen atoms in total. The fraction of sp³-hybridized carbons (Fsp3) is 0.381. The molecule has 7 heteroatoms. The Balaban J connectivity index is 2.12. The van der Waals surface area contributed by atoms with Crippen LogP contribution in [0.1, 0.15) is 32.8 Å². The van der Waals surface area contributed by atoms with Crippen molar-refractivity contribution in [3.05, 3.63) is 46.8 Å².